The van der Waals surface area contributed by atoms with Crippen LogP contribution in [0.3, 0.4) is 0 Å². The third-order valence-electron chi connectivity index (χ3n) is 4.71. The maximum absolute atomic E-state index is 13.9. The summed E-state index contributed by atoms with van der Waals surface area (Å²) >= 11 is 0. The van der Waals surface area contributed by atoms with E-state index in [4.69, 9.17) is 0 Å². The van der Waals surface area contributed by atoms with Crippen molar-refractivity contribution < 1.29 is 22.3 Å². The van der Waals surface area contributed by atoms with Crippen LogP contribution in [0.2, 0.25) is 0 Å². The van der Waals surface area contributed by atoms with Gasteiger partial charge in [0.2, 0.25) is 0 Å². The molecule has 2 saturated heterocycles. The second kappa shape index (κ2) is 9.21. The van der Waals surface area contributed by atoms with Gasteiger partial charge in [0.25, 0.3) is 0 Å². The molecule has 2 heterocycles. The van der Waals surface area contributed by atoms with Crippen LogP contribution in [-0.2, 0) is 6.54 Å². The van der Waals surface area contributed by atoms with E-state index in [-0.39, 0.29) is 18.2 Å². The molecule has 2 aliphatic rings. The Balaban J connectivity index is 0.00000243. The Bertz CT molecular complexity index is 582. The molecule has 1 aromatic rings. The Morgan fingerprint density at radius 3 is 2.54 bits per heavy atom. The summed E-state index contributed by atoms with van der Waals surface area (Å²) in [5.74, 6) is -1.11. The van der Waals surface area contributed by atoms with Crippen LogP contribution >= 0.6 is 12.4 Å². The van der Waals surface area contributed by atoms with Gasteiger partial charge in [-0.15, -0.1) is 12.4 Å². The van der Waals surface area contributed by atoms with Crippen LogP contribution in [0.15, 0.2) is 18.2 Å². The van der Waals surface area contributed by atoms with Gasteiger partial charge < -0.3 is 10.1 Å². The zero-order valence-corrected chi connectivity index (χ0v) is 15.2. The van der Waals surface area contributed by atoms with Gasteiger partial charge in [-0.05, 0) is 24.1 Å². The van der Waals surface area contributed by atoms with Crippen molar-refractivity contribution >= 4 is 12.4 Å². The molecule has 2 fully saturated rings. The van der Waals surface area contributed by atoms with Gasteiger partial charge in [-0.25, -0.2) is 4.39 Å². The van der Waals surface area contributed by atoms with E-state index in [1.807, 2.05) is 0 Å². The zero-order chi connectivity index (χ0) is 17.9. The number of benzene rings is 1. The van der Waals surface area contributed by atoms with Gasteiger partial charge in [0.1, 0.15) is 0 Å². The van der Waals surface area contributed by atoms with Crippen LogP contribution in [0.25, 0.3) is 0 Å². The van der Waals surface area contributed by atoms with Gasteiger partial charge in [-0.3, -0.25) is 9.80 Å². The summed E-state index contributed by atoms with van der Waals surface area (Å²) < 4.78 is 54.9. The van der Waals surface area contributed by atoms with Crippen molar-refractivity contribution in [2.75, 3.05) is 45.9 Å². The van der Waals surface area contributed by atoms with E-state index in [1.165, 1.54) is 12.1 Å². The predicted octanol–water partition coefficient (Wildman–Crippen LogP) is 2.67. The lowest BCUT2D eigenvalue weighted by Gasteiger charge is -2.32. The Morgan fingerprint density at radius 2 is 1.88 bits per heavy atom. The smallest absolute Gasteiger partial charge is 0.422 e. The molecule has 4 nitrogen and oxygen atoms in total. The summed E-state index contributed by atoms with van der Waals surface area (Å²) in [6.45, 7) is 5.14. The number of nitrogens with one attached hydrogen (secondary N) is 1. The molecule has 0 aromatic heterocycles. The van der Waals surface area contributed by atoms with Crippen molar-refractivity contribution in [3.63, 3.8) is 0 Å². The SMILES string of the molecule is Cl.Fc1cc(CN2CCC(N3CCNCC3)C2)ccc1OCC(F)(F)F. The fourth-order valence-electron chi connectivity index (χ4n) is 3.48. The molecule has 1 unspecified atom stereocenters. The average molecular weight is 398 g/mol. The van der Waals surface area contributed by atoms with Crippen LogP contribution < -0.4 is 10.1 Å². The molecule has 1 aromatic carbocycles. The first-order chi connectivity index (χ1) is 11.9. The van der Waals surface area contributed by atoms with E-state index < -0.39 is 18.6 Å². The molecule has 0 amide bonds. The summed E-state index contributed by atoms with van der Waals surface area (Å²) in [7, 11) is 0. The third kappa shape index (κ3) is 5.97. The Kier molecular flexibility index (Phi) is 7.52. The molecule has 0 bridgehead atoms. The summed E-state index contributed by atoms with van der Waals surface area (Å²) in [5, 5.41) is 3.34. The van der Waals surface area contributed by atoms with Crippen molar-refractivity contribution in [1.29, 1.82) is 0 Å². The molecule has 0 spiro atoms. The molecule has 0 aliphatic carbocycles. The van der Waals surface area contributed by atoms with Crippen LogP contribution in [0, 0.1) is 5.82 Å². The summed E-state index contributed by atoms with van der Waals surface area (Å²) in [6.07, 6.45) is -3.38. The lowest BCUT2D eigenvalue weighted by Crippen LogP contribution is -2.49. The lowest BCUT2D eigenvalue weighted by atomic mass is 10.2. The summed E-state index contributed by atoms with van der Waals surface area (Å²) in [6, 6.07) is 4.71. The maximum atomic E-state index is 13.9. The van der Waals surface area contributed by atoms with Gasteiger partial charge in [-0.1, -0.05) is 6.07 Å². The molecule has 148 valence electrons. The number of alkyl halides is 3. The number of halogens is 5. The van der Waals surface area contributed by atoms with Crippen molar-refractivity contribution in [1.82, 2.24) is 15.1 Å². The minimum Gasteiger partial charge on any atom is -0.481 e. The fourth-order valence-corrected chi connectivity index (χ4v) is 3.48. The number of ether oxygens (including phenoxy) is 1. The van der Waals surface area contributed by atoms with Gasteiger partial charge in [-0.2, -0.15) is 13.2 Å². The number of nitrogens with zero attached hydrogens (tertiary/aromatic N) is 2. The van der Waals surface area contributed by atoms with Crippen LogP contribution in [0.1, 0.15) is 12.0 Å². The largest absolute Gasteiger partial charge is 0.481 e. The highest BCUT2D eigenvalue weighted by atomic mass is 35.5. The molecule has 1 atom stereocenters. The first-order valence-corrected chi connectivity index (χ1v) is 8.56. The molecule has 1 N–H and O–H groups in total. The van der Waals surface area contributed by atoms with Crippen LogP contribution in [0.4, 0.5) is 17.6 Å². The van der Waals surface area contributed by atoms with Gasteiger partial charge in [0.15, 0.2) is 18.2 Å². The Hall–Kier alpha value is -1.09. The Morgan fingerprint density at radius 1 is 1.15 bits per heavy atom. The molecule has 26 heavy (non-hydrogen) atoms. The second-order valence-corrected chi connectivity index (χ2v) is 6.63. The fraction of sp³-hybridized carbons (Fsp3) is 0.647. The van der Waals surface area contributed by atoms with Gasteiger partial charge in [0.05, 0.1) is 0 Å². The highest BCUT2D eigenvalue weighted by Gasteiger charge is 2.30. The van der Waals surface area contributed by atoms with Crippen molar-refractivity contribution in [3.05, 3.63) is 29.6 Å². The van der Waals surface area contributed by atoms with Gasteiger partial charge in [0, 0.05) is 51.9 Å². The molecule has 0 saturated carbocycles. The number of likely N-dealkylation sites (tertiary alicyclic amines) is 1. The molecule has 2 aliphatic heterocycles. The van der Waals surface area contributed by atoms with E-state index in [0.717, 1.165) is 51.3 Å². The second-order valence-electron chi connectivity index (χ2n) is 6.63. The highest BCUT2D eigenvalue weighted by molar-refractivity contribution is 5.85. The van der Waals surface area contributed by atoms with E-state index in [1.54, 1.807) is 6.07 Å². The first kappa shape index (κ1) is 21.2. The monoisotopic (exact) mass is 397 g/mol. The highest BCUT2D eigenvalue weighted by Crippen LogP contribution is 2.24. The van der Waals surface area contributed by atoms with Crippen molar-refractivity contribution in [2.24, 2.45) is 0 Å². The van der Waals surface area contributed by atoms with Crippen LogP contribution in [-0.4, -0.2) is 67.9 Å². The number of hydrogen-bond donors (Lipinski definition) is 1. The number of hydrogen-bond acceptors (Lipinski definition) is 4. The van der Waals surface area contributed by atoms with E-state index in [2.05, 4.69) is 19.9 Å². The molecule has 0 radical (unpaired) electrons. The molecule has 3 rings (SSSR count). The predicted molar refractivity (Wildman–Crippen MR) is 93.3 cm³/mol. The first-order valence-electron chi connectivity index (χ1n) is 8.56. The minimum absolute atomic E-state index is 0. The van der Waals surface area contributed by atoms with Crippen molar-refractivity contribution in [2.45, 2.75) is 25.2 Å². The van der Waals surface area contributed by atoms with E-state index in [9.17, 15) is 17.6 Å². The number of piperazine rings is 1. The molecule has 9 heteroatoms. The molecular formula is C17H24ClF4N3O. The molecular weight excluding hydrogens is 374 g/mol. The van der Waals surface area contributed by atoms with Crippen LogP contribution in [0.5, 0.6) is 5.75 Å². The van der Waals surface area contributed by atoms with E-state index in [0.29, 0.717) is 12.6 Å². The standard InChI is InChI=1S/C17H23F4N3O.ClH/c18-15-9-13(1-2-16(15)25-12-17(19,20)21)10-23-6-3-14(11-23)24-7-4-22-5-8-24;/h1-2,9,14,22H,3-8,10-12H2;1H. The average Bonchev–Trinajstić information content (AvgIpc) is 3.02. The normalized spacial score (nSPS) is 22.2. The lowest BCUT2D eigenvalue weighted by molar-refractivity contribution is -0.153. The maximum Gasteiger partial charge on any atom is 0.422 e. The summed E-state index contributed by atoms with van der Waals surface area (Å²) in [5.41, 5.74) is 0.748. The zero-order valence-electron chi connectivity index (χ0n) is 14.4. The Labute approximate surface area is 156 Å². The topological polar surface area (TPSA) is 27.7 Å². The van der Waals surface area contributed by atoms with Crippen molar-refractivity contribution in [3.8, 4) is 5.75 Å². The third-order valence-corrected chi connectivity index (χ3v) is 4.71. The summed E-state index contributed by atoms with van der Waals surface area (Å²) in [4.78, 5) is 4.75. The van der Waals surface area contributed by atoms with E-state index >= 15 is 0 Å². The quantitative estimate of drug-likeness (QED) is 0.773. The number of rotatable bonds is 5. The van der Waals surface area contributed by atoms with Gasteiger partial charge >= 0.3 is 6.18 Å². The minimum atomic E-state index is -4.47.